The highest BCUT2D eigenvalue weighted by atomic mass is 35.5. The monoisotopic (exact) mass is 267 g/mol. The quantitative estimate of drug-likeness (QED) is 0.853. The van der Waals surface area contributed by atoms with Crippen LogP contribution in [0.5, 0.6) is 0 Å². The molecule has 4 nitrogen and oxygen atoms in total. The molecule has 0 radical (unpaired) electrons. The number of aromatic nitrogens is 2. The minimum absolute atomic E-state index is 0.226. The lowest BCUT2D eigenvalue weighted by atomic mass is 10.1. The molecule has 0 atom stereocenters. The van der Waals surface area contributed by atoms with Crippen LogP contribution in [0.25, 0.3) is 0 Å². The molecule has 3 rings (SSSR count). The summed E-state index contributed by atoms with van der Waals surface area (Å²) in [5.74, 6) is 1.76. The number of nitrogens with zero attached hydrogens (tertiary/aromatic N) is 2. The lowest BCUT2D eigenvalue weighted by Gasteiger charge is -2.17. The third-order valence-electron chi connectivity index (χ3n) is 3.82. The van der Waals surface area contributed by atoms with E-state index in [1.807, 2.05) is 0 Å². The number of rotatable bonds is 6. The Bertz CT molecular complexity index is 467. The van der Waals surface area contributed by atoms with Gasteiger partial charge in [0.05, 0.1) is 11.2 Å². The molecule has 0 saturated heterocycles. The molecule has 2 saturated carbocycles. The Morgan fingerprint density at radius 2 is 2.06 bits per heavy atom. The second-order valence-electron chi connectivity index (χ2n) is 5.40. The van der Waals surface area contributed by atoms with Crippen LogP contribution in [0.3, 0.4) is 0 Å². The maximum Gasteiger partial charge on any atom is 0.347 e. The van der Waals surface area contributed by atoms with Gasteiger partial charge in [-0.25, -0.2) is 9.78 Å². The molecule has 98 valence electrons. The Balaban J connectivity index is 1.54. The fourth-order valence-corrected chi connectivity index (χ4v) is 2.74. The summed E-state index contributed by atoms with van der Waals surface area (Å²) in [5, 5.41) is 4.12. The Morgan fingerprint density at radius 1 is 1.39 bits per heavy atom. The molecule has 2 aliphatic rings. The van der Waals surface area contributed by atoms with Crippen molar-refractivity contribution in [2.45, 2.75) is 38.3 Å². The summed E-state index contributed by atoms with van der Waals surface area (Å²) < 4.78 is 1.58. The van der Waals surface area contributed by atoms with Crippen molar-refractivity contribution in [2.75, 3.05) is 6.54 Å². The molecule has 18 heavy (non-hydrogen) atoms. The van der Waals surface area contributed by atoms with Gasteiger partial charge in [-0.3, -0.25) is 4.57 Å². The van der Waals surface area contributed by atoms with Crippen LogP contribution in [0.1, 0.15) is 25.7 Å². The van der Waals surface area contributed by atoms with Gasteiger partial charge in [-0.15, -0.1) is 0 Å². The third-order valence-corrected chi connectivity index (χ3v) is 4.01. The molecule has 0 spiro atoms. The molecular formula is C13H18ClN3O. The molecule has 2 aliphatic carbocycles. The molecular weight excluding hydrogens is 250 g/mol. The second-order valence-corrected chi connectivity index (χ2v) is 5.84. The molecule has 5 heteroatoms. The highest BCUT2D eigenvalue weighted by Crippen LogP contribution is 2.44. The molecule has 1 N–H and O–H groups in total. The fraction of sp³-hybridized carbons (Fsp3) is 0.692. The molecule has 0 aliphatic heterocycles. The summed E-state index contributed by atoms with van der Waals surface area (Å²) in [4.78, 5) is 15.2. The Hall–Kier alpha value is -0.870. The highest BCUT2D eigenvalue weighted by Gasteiger charge is 2.40. The summed E-state index contributed by atoms with van der Waals surface area (Å²) in [7, 11) is 0. The summed E-state index contributed by atoms with van der Waals surface area (Å²) in [6, 6.07) is 0.674. The van der Waals surface area contributed by atoms with Gasteiger partial charge in [0.15, 0.2) is 0 Å². The SMILES string of the molecule is O=c1ncc(Cl)cn1CCNC(C1CC1)C1CC1. The van der Waals surface area contributed by atoms with Crippen molar-refractivity contribution in [3.63, 3.8) is 0 Å². The van der Waals surface area contributed by atoms with Crippen molar-refractivity contribution in [2.24, 2.45) is 11.8 Å². The van der Waals surface area contributed by atoms with Gasteiger partial charge in [0.2, 0.25) is 0 Å². The van der Waals surface area contributed by atoms with Crippen molar-refractivity contribution < 1.29 is 0 Å². The summed E-state index contributed by atoms with van der Waals surface area (Å²) in [6.45, 7) is 1.46. The van der Waals surface area contributed by atoms with E-state index in [1.165, 1.54) is 31.9 Å². The average Bonchev–Trinajstić information content (AvgIpc) is 3.22. The van der Waals surface area contributed by atoms with Crippen LogP contribution in [0, 0.1) is 11.8 Å². The molecule has 0 unspecified atom stereocenters. The zero-order valence-electron chi connectivity index (χ0n) is 10.3. The number of nitrogens with one attached hydrogen (secondary N) is 1. The molecule has 0 aromatic carbocycles. The summed E-state index contributed by atoms with van der Waals surface area (Å²) in [5.41, 5.74) is -0.226. The number of hydrogen-bond acceptors (Lipinski definition) is 3. The van der Waals surface area contributed by atoms with E-state index in [-0.39, 0.29) is 5.69 Å². The summed E-state index contributed by atoms with van der Waals surface area (Å²) >= 11 is 5.84. The molecule has 1 aromatic rings. The Kier molecular flexibility index (Phi) is 3.39. The highest BCUT2D eigenvalue weighted by molar-refractivity contribution is 6.30. The zero-order chi connectivity index (χ0) is 12.5. The third kappa shape index (κ3) is 2.93. The van der Waals surface area contributed by atoms with Crippen LogP contribution >= 0.6 is 11.6 Å². The Labute approximate surface area is 111 Å². The Morgan fingerprint density at radius 3 is 2.67 bits per heavy atom. The second kappa shape index (κ2) is 5.02. The molecule has 1 aromatic heterocycles. The zero-order valence-corrected chi connectivity index (χ0v) is 11.1. The van der Waals surface area contributed by atoms with Gasteiger partial charge in [0.1, 0.15) is 0 Å². The fourth-order valence-electron chi connectivity index (χ4n) is 2.57. The topological polar surface area (TPSA) is 46.9 Å². The number of halogens is 1. The van der Waals surface area contributed by atoms with Crippen LogP contribution in [-0.2, 0) is 6.54 Å². The normalized spacial score (nSPS) is 19.4. The van der Waals surface area contributed by atoms with Crippen LogP contribution in [0.4, 0.5) is 0 Å². The smallest absolute Gasteiger partial charge is 0.312 e. The van der Waals surface area contributed by atoms with E-state index in [1.54, 1.807) is 10.8 Å². The maximum absolute atomic E-state index is 11.5. The van der Waals surface area contributed by atoms with Gasteiger partial charge in [0.25, 0.3) is 0 Å². The standard InChI is InChI=1S/C13H18ClN3O/c14-11-7-16-13(18)17(8-11)6-5-15-12(9-1-2-9)10-3-4-10/h7-10,12,15H,1-6H2. The van der Waals surface area contributed by atoms with Crippen LogP contribution in [0.15, 0.2) is 17.2 Å². The van der Waals surface area contributed by atoms with E-state index in [0.717, 1.165) is 18.4 Å². The van der Waals surface area contributed by atoms with Crippen molar-refractivity contribution in [3.05, 3.63) is 27.9 Å². The van der Waals surface area contributed by atoms with Crippen molar-refractivity contribution in [1.29, 1.82) is 0 Å². The first-order valence-electron chi connectivity index (χ1n) is 6.69. The summed E-state index contributed by atoms with van der Waals surface area (Å²) in [6.07, 6.45) is 8.52. The predicted octanol–water partition coefficient (Wildman–Crippen LogP) is 1.67. The van der Waals surface area contributed by atoms with Crippen molar-refractivity contribution in [1.82, 2.24) is 14.9 Å². The van der Waals surface area contributed by atoms with E-state index < -0.39 is 0 Å². The van der Waals surface area contributed by atoms with Crippen molar-refractivity contribution >= 4 is 11.6 Å². The minimum atomic E-state index is -0.226. The molecule has 1 heterocycles. The first kappa shape index (κ1) is 12.2. The molecule has 2 fully saturated rings. The van der Waals surface area contributed by atoms with E-state index >= 15 is 0 Å². The van der Waals surface area contributed by atoms with Gasteiger partial charge < -0.3 is 5.32 Å². The number of hydrogen-bond donors (Lipinski definition) is 1. The molecule has 0 amide bonds. The van der Waals surface area contributed by atoms with Gasteiger partial charge >= 0.3 is 5.69 Å². The van der Waals surface area contributed by atoms with Crippen LogP contribution in [-0.4, -0.2) is 22.1 Å². The van der Waals surface area contributed by atoms with E-state index in [0.29, 0.717) is 17.6 Å². The minimum Gasteiger partial charge on any atom is -0.312 e. The van der Waals surface area contributed by atoms with Gasteiger partial charge in [0, 0.05) is 25.3 Å². The largest absolute Gasteiger partial charge is 0.347 e. The van der Waals surface area contributed by atoms with Gasteiger partial charge in [-0.1, -0.05) is 11.6 Å². The first-order valence-corrected chi connectivity index (χ1v) is 7.07. The lowest BCUT2D eigenvalue weighted by molar-refractivity contribution is 0.404. The average molecular weight is 268 g/mol. The van der Waals surface area contributed by atoms with Gasteiger partial charge in [-0.05, 0) is 37.5 Å². The van der Waals surface area contributed by atoms with E-state index in [4.69, 9.17) is 11.6 Å². The first-order chi connectivity index (χ1) is 8.74. The van der Waals surface area contributed by atoms with Crippen LogP contribution in [0.2, 0.25) is 5.02 Å². The lowest BCUT2D eigenvalue weighted by Crippen LogP contribution is -2.37. The molecule has 0 bridgehead atoms. The van der Waals surface area contributed by atoms with E-state index in [9.17, 15) is 4.79 Å². The van der Waals surface area contributed by atoms with Gasteiger partial charge in [-0.2, -0.15) is 0 Å². The predicted molar refractivity (Wildman–Crippen MR) is 70.7 cm³/mol. The maximum atomic E-state index is 11.5. The van der Waals surface area contributed by atoms with E-state index in [2.05, 4.69) is 10.3 Å². The van der Waals surface area contributed by atoms with Crippen LogP contribution < -0.4 is 11.0 Å². The van der Waals surface area contributed by atoms with Crippen molar-refractivity contribution in [3.8, 4) is 0 Å².